The fraction of sp³-hybridized carbons (Fsp3) is 0.368. The van der Waals surface area contributed by atoms with Crippen LogP contribution in [-0.2, 0) is 0 Å². The SMILES string of the molecule is CNCC[C@@H]1C[C@@H](c2ccc3c(c2)OCO3)c2ccccc21. The maximum atomic E-state index is 5.55. The van der Waals surface area contributed by atoms with Gasteiger partial charge >= 0.3 is 0 Å². The van der Waals surface area contributed by atoms with E-state index in [0.717, 1.165) is 18.0 Å². The van der Waals surface area contributed by atoms with Crippen LogP contribution in [0.2, 0.25) is 0 Å². The van der Waals surface area contributed by atoms with Crippen molar-refractivity contribution in [3.8, 4) is 11.5 Å². The second kappa shape index (κ2) is 5.65. The lowest BCUT2D eigenvalue weighted by Gasteiger charge is -2.13. The molecule has 1 aliphatic heterocycles. The Hall–Kier alpha value is -2.00. The van der Waals surface area contributed by atoms with Gasteiger partial charge in [0.25, 0.3) is 0 Å². The number of hydrogen-bond donors (Lipinski definition) is 1. The maximum Gasteiger partial charge on any atom is 0.231 e. The van der Waals surface area contributed by atoms with E-state index in [1.54, 1.807) is 0 Å². The van der Waals surface area contributed by atoms with Gasteiger partial charge in [-0.15, -0.1) is 0 Å². The average Bonchev–Trinajstić information content (AvgIpc) is 3.17. The molecule has 4 rings (SSSR count). The first-order valence-electron chi connectivity index (χ1n) is 8.00. The van der Waals surface area contributed by atoms with Crippen molar-refractivity contribution in [2.45, 2.75) is 24.7 Å². The Morgan fingerprint density at radius 1 is 1.05 bits per heavy atom. The lowest BCUT2D eigenvalue weighted by Crippen LogP contribution is -2.11. The highest BCUT2D eigenvalue weighted by Crippen LogP contribution is 2.48. The summed E-state index contributed by atoms with van der Waals surface area (Å²) in [7, 11) is 2.02. The Morgan fingerprint density at radius 3 is 2.73 bits per heavy atom. The predicted octanol–water partition coefficient (Wildman–Crippen LogP) is 3.64. The second-order valence-corrected chi connectivity index (χ2v) is 6.12. The minimum absolute atomic E-state index is 0.338. The molecule has 0 fully saturated rings. The molecule has 0 saturated carbocycles. The van der Waals surface area contributed by atoms with Crippen molar-refractivity contribution in [3.63, 3.8) is 0 Å². The third-order valence-corrected chi connectivity index (χ3v) is 4.87. The largest absolute Gasteiger partial charge is 0.454 e. The first-order valence-corrected chi connectivity index (χ1v) is 8.00. The summed E-state index contributed by atoms with van der Waals surface area (Å²) in [5.41, 5.74) is 4.33. The lowest BCUT2D eigenvalue weighted by molar-refractivity contribution is 0.174. The zero-order valence-electron chi connectivity index (χ0n) is 12.8. The van der Waals surface area contributed by atoms with Gasteiger partial charge in [0, 0.05) is 5.92 Å². The Bertz CT molecular complexity index is 683. The molecule has 3 nitrogen and oxygen atoms in total. The molecule has 0 spiro atoms. The van der Waals surface area contributed by atoms with Crippen LogP contribution in [0.3, 0.4) is 0 Å². The quantitative estimate of drug-likeness (QED) is 0.934. The molecule has 0 saturated heterocycles. The van der Waals surface area contributed by atoms with Crippen LogP contribution < -0.4 is 14.8 Å². The van der Waals surface area contributed by atoms with Gasteiger partial charge in [0.05, 0.1) is 0 Å². The minimum Gasteiger partial charge on any atom is -0.454 e. The molecule has 1 aliphatic carbocycles. The Labute approximate surface area is 131 Å². The predicted molar refractivity (Wildman–Crippen MR) is 86.8 cm³/mol. The van der Waals surface area contributed by atoms with E-state index in [4.69, 9.17) is 9.47 Å². The summed E-state index contributed by atoms with van der Waals surface area (Å²) in [6.45, 7) is 1.40. The van der Waals surface area contributed by atoms with Crippen LogP contribution in [0.15, 0.2) is 42.5 Å². The third-order valence-electron chi connectivity index (χ3n) is 4.87. The topological polar surface area (TPSA) is 30.5 Å². The summed E-state index contributed by atoms with van der Waals surface area (Å²) in [5.74, 6) is 2.85. The molecule has 0 aromatic heterocycles. The molecular weight excluding hydrogens is 274 g/mol. The van der Waals surface area contributed by atoms with E-state index in [1.165, 1.54) is 29.5 Å². The van der Waals surface area contributed by atoms with Crippen LogP contribution in [0.4, 0.5) is 0 Å². The minimum atomic E-state index is 0.338. The van der Waals surface area contributed by atoms with Crippen molar-refractivity contribution < 1.29 is 9.47 Å². The van der Waals surface area contributed by atoms with Crippen LogP contribution in [0.1, 0.15) is 41.4 Å². The normalized spacial score (nSPS) is 21.9. The van der Waals surface area contributed by atoms with Gasteiger partial charge in [-0.3, -0.25) is 0 Å². The van der Waals surface area contributed by atoms with Gasteiger partial charge in [0.15, 0.2) is 11.5 Å². The number of ether oxygens (including phenoxy) is 2. The molecule has 22 heavy (non-hydrogen) atoms. The van der Waals surface area contributed by atoms with Gasteiger partial charge in [0.2, 0.25) is 6.79 Å². The summed E-state index contributed by atoms with van der Waals surface area (Å²) in [4.78, 5) is 0. The van der Waals surface area contributed by atoms with Gasteiger partial charge in [0.1, 0.15) is 0 Å². The van der Waals surface area contributed by atoms with Crippen molar-refractivity contribution in [1.29, 1.82) is 0 Å². The van der Waals surface area contributed by atoms with Crippen LogP contribution in [-0.4, -0.2) is 20.4 Å². The highest BCUT2D eigenvalue weighted by molar-refractivity contribution is 5.50. The summed E-state index contributed by atoms with van der Waals surface area (Å²) in [5, 5.41) is 3.28. The smallest absolute Gasteiger partial charge is 0.231 e. The molecule has 2 aliphatic rings. The van der Waals surface area contributed by atoms with Crippen molar-refractivity contribution in [2.24, 2.45) is 0 Å². The number of rotatable bonds is 4. The maximum absolute atomic E-state index is 5.55. The highest BCUT2D eigenvalue weighted by atomic mass is 16.7. The Balaban J connectivity index is 1.68. The third kappa shape index (κ3) is 2.26. The van der Waals surface area contributed by atoms with E-state index < -0.39 is 0 Å². The molecule has 0 amide bonds. The van der Waals surface area contributed by atoms with Gasteiger partial charge in [-0.25, -0.2) is 0 Å². The molecule has 3 heteroatoms. The van der Waals surface area contributed by atoms with E-state index in [1.807, 2.05) is 13.1 Å². The van der Waals surface area contributed by atoms with Gasteiger partial charge < -0.3 is 14.8 Å². The molecular formula is C19H21NO2. The van der Waals surface area contributed by atoms with Crippen LogP contribution in [0.5, 0.6) is 11.5 Å². The van der Waals surface area contributed by atoms with Crippen LogP contribution >= 0.6 is 0 Å². The molecule has 0 bridgehead atoms. The molecule has 0 radical (unpaired) electrons. The Morgan fingerprint density at radius 2 is 1.86 bits per heavy atom. The highest BCUT2D eigenvalue weighted by Gasteiger charge is 2.31. The van der Waals surface area contributed by atoms with Crippen molar-refractivity contribution in [2.75, 3.05) is 20.4 Å². The zero-order chi connectivity index (χ0) is 14.9. The number of benzene rings is 2. The lowest BCUT2D eigenvalue weighted by atomic mass is 9.92. The van der Waals surface area contributed by atoms with Gasteiger partial charge in [-0.2, -0.15) is 0 Å². The first-order chi connectivity index (χ1) is 10.9. The van der Waals surface area contributed by atoms with E-state index in [-0.39, 0.29) is 0 Å². The summed E-state index contributed by atoms with van der Waals surface area (Å²) >= 11 is 0. The molecule has 1 heterocycles. The molecule has 2 aromatic carbocycles. The first kappa shape index (κ1) is 13.6. The van der Waals surface area contributed by atoms with Gasteiger partial charge in [-0.05, 0) is 61.2 Å². The number of fused-ring (bicyclic) bond motifs is 2. The standard InChI is InChI=1S/C19H21NO2/c1-20-9-8-14-10-17(16-5-3-2-4-15(14)16)13-6-7-18-19(11-13)22-12-21-18/h2-7,11,14,17,20H,8-10,12H2,1H3/t14-,17+/m1/s1. The second-order valence-electron chi connectivity index (χ2n) is 6.12. The van der Waals surface area contributed by atoms with Gasteiger partial charge in [-0.1, -0.05) is 30.3 Å². The number of hydrogen-bond acceptors (Lipinski definition) is 3. The van der Waals surface area contributed by atoms with Crippen LogP contribution in [0, 0.1) is 0 Å². The average molecular weight is 295 g/mol. The van der Waals surface area contributed by atoms with Crippen molar-refractivity contribution in [3.05, 3.63) is 59.2 Å². The van der Waals surface area contributed by atoms with E-state index in [2.05, 4.69) is 41.7 Å². The van der Waals surface area contributed by atoms with E-state index >= 15 is 0 Å². The van der Waals surface area contributed by atoms with E-state index in [9.17, 15) is 0 Å². The Kier molecular flexibility index (Phi) is 3.51. The molecule has 0 unspecified atom stereocenters. The molecule has 1 N–H and O–H groups in total. The van der Waals surface area contributed by atoms with E-state index in [0.29, 0.717) is 18.6 Å². The monoisotopic (exact) mass is 295 g/mol. The summed E-state index contributed by atoms with van der Waals surface area (Å²) in [6, 6.07) is 15.3. The molecule has 114 valence electrons. The molecule has 2 atom stereocenters. The van der Waals surface area contributed by atoms with Crippen molar-refractivity contribution >= 4 is 0 Å². The molecule has 2 aromatic rings. The summed E-state index contributed by atoms with van der Waals surface area (Å²) in [6.07, 6.45) is 2.37. The van der Waals surface area contributed by atoms with Crippen LogP contribution in [0.25, 0.3) is 0 Å². The van der Waals surface area contributed by atoms with Crippen molar-refractivity contribution in [1.82, 2.24) is 5.32 Å². The fourth-order valence-electron chi connectivity index (χ4n) is 3.78. The fourth-order valence-corrected chi connectivity index (χ4v) is 3.78. The summed E-state index contributed by atoms with van der Waals surface area (Å²) < 4.78 is 11.0. The zero-order valence-corrected chi connectivity index (χ0v) is 12.8. The number of nitrogens with one attached hydrogen (secondary N) is 1.